The Kier molecular flexibility index (Phi) is 6.87. The van der Waals surface area contributed by atoms with Gasteiger partial charge >= 0.3 is 6.03 Å². The van der Waals surface area contributed by atoms with E-state index in [2.05, 4.69) is 5.32 Å². The molecule has 130 valence electrons. The summed E-state index contributed by atoms with van der Waals surface area (Å²) in [4.78, 5) is 12.8. The number of alkyl halides is 2. The Bertz CT molecular complexity index is 515. The van der Waals surface area contributed by atoms with E-state index in [1.165, 1.54) is 28.4 Å². The number of nitrogens with zero attached hydrogens (tertiary/aromatic N) is 1. The number of hydrogen-bond donors (Lipinski definition) is 1. The Morgan fingerprint density at radius 3 is 2.09 bits per heavy atom. The van der Waals surface area contributed by atoms with Crippen molar-refractivity contribution in [2.45, 2.75) is 19.4 Å². The van der Waals surface area contributed by atoms with Crippen LogP contribution in [-0.4, -0.2) is 52.3 Å². The number of carbonyl (C=O) groups is 1. The number of rotatable bonds is 7. The number of ether oxygens (including phenoxy) is 3. The van der Waals surface area contributed by atoms with Crippen LogP contribution in [0.4, 0.5) is 13.6 Å². The molecule has 0 saturated carbocycles. The quantitative estimate of drug-likeness (QED) is 0.834. The van der Waals surface area contributed by atoms with Crippen LogP contribution >= 0.6 is 0 Å². The molecule has 0 aromatic heterocycles. The lowest BCUT2D eigenvalue weighted by molar-refractivity contribution is 0.107. The van der Waals surface area contributed by atoms with Crippen LogP contribution in [-0.2, 0) is 0 Å². The molecule has 0 heterocycles. The maximum absolute atomic E-state index is 12.3. The van der Waals surface area contributed by atoms with Gasteiger partial charge in [0, 0.05) is 7.05 Å². The van der Waals surface area contributed by atoms with Gasteiger partial charge in [-0.3, -0.25) is 0 Å². The highest BCUT2D eigenvalue weighted by atomic mass is 19.3. The standard InChI is InChI=1S/C15H22F2N2O4/c1-9(18-15(20)19(2)8-13(16)17)10-6-11(21-3)14(23-5)12(7-10)22-4/h6-7,9,13H,8H2,1-5H3,(H,18,20)/t9-/m1/s1. The zero-order chi connectivity index (χ0) is 17.6. The van der Waals surface area contributed by atoms with Crippen molar-refractivity contribution < 1.29 is 27.8 Å². The van der Waals surface area contributed by atoms with Gasteiger partial charge < -0.3 is 24.4 Å². The normalized spacial score (nSPS) is 11.8. The first-order valence-electron chi connectivity index (χ1n) is 6.93. The first kappa shape index (κ1) is 18.8. The van der Waals surface area contributed by atoms with Crippen molar-refractivity contribution in [3.8, 4) is 17.2 Å². The summed E-state index contributed by atoms with van der Waals surface area (Å²) < 4.78 is 40.4. The molecule has 0 saturated heterocycles. The van der Waals surface area contributed by atoms with E-state index in [1.807, 2.05) is 0 Å². The highest BCUT2D eigenvalue weighted by Gasteiger charge is 2.20. The van der Waals surface area contributed by atoms with Crippen molar-refractivity contribution in [2.75, 3.05) is 34.9 Å². The van der Waals surface area contributed by atoms with E-state index in [4.69, 9.17) is 14.2 Å². The zero-order valence-corrected chi connectivity index (χ0v) is 13.9. The lowest BCUT2D eigenvalue weighted by atomic mass is 10.1. The van der Waals surface area contributed by atoms with Crippen LogP contribution in [0.3, 0.4) is 0 Å². The molecule has 0 aliphatic rings. The molecule has 0 unspecified atom stereocenters. The van der Waals surface area contributed by atoms with E-state index < -0.39 is 25.0 Å². The predicted molar refractivity (Wildman–Crippen MR) is 81.7 cm³/mol. The van der Waals surface area contributed by atoms with Crippen LogP contribution in [0.2, 0.25) is 0 Å². The summed E-state index contributed by atoms with van der Waals surface area (Å²) in [6.07, 6.45) is -2.58. The number of methoxy groups -OCH3 is 3. The molecule has 0 bridgehead atoms. The van der Waals surface area contributed by atoms with Crippen molar-refractivity contribution in [3.63, 3.8) is 0 Å². The minimum absolute atomic E-state index is 0.434. The number of nitrogens with one attached hydrogen (secondary N) is 1. The summed E-state index contributed by atoms with van der Waals surface area (Å²) in [6.45, 7) is 1.10. The lowest BCUT2D eigenvalue weighted by Gasteiger charge is -2.22. The Hall–Kier alpha value is -2.25. The molecule has 0 fully saturated rings. The monoisotopic (exact) mass is 332 g/mol. The Morgan fingerprint density at radius 2 is 1.70 bits per heavy atom. The molecule has 0 aliphatic carbocycles. The van der Waals surface area contributed by atoms with Crippen molar-refractivity contribution in [2.24, 2.45) is 0 Å². The van der Waals surface area contributed by atoms with Crippen molar-refractivity contribution in [1.82, 2.24) is 10.2 Å². The number of halogens is 2. The van der Waals surface area contributed by atoms with Crippen LogP contribution in [0.25, 0.3) is 0 Å². The SMILES string of the molecule is COc1cc([C@@H](C)NC(=O)N(C)CC(F)F)cc(OC)c1OC. The van der Waals surface area contributed by atoms with E-state index >= 15 is 0 Å². The Morgan fingerprint density at radius 1 is 1.17 bits per heavy atom. The summed E-state index contributed by atoms with van der Waals surface area (Å²) in [7, 11) is 5.77. The van der Waals surface area contributed by atoms with Crippen molar-refractivity contribution >= 4 is 6.03 Å². The maximum Gasteiger partial charge on any atom is 0.317 e. The Labute approximate surface area is 134 Å². The second kappa shape index (κ2) is 8.40. The van der Waals surface area contributed by atoms with E-state index in [9.17, 15) is 13.6 Å². The van der Waals surface area contributed by atoms with Gasteiger partial charge in [0.2, 0.25) is 5.75 Å². The topological polar surface area (TPSA) is 60.0 Å². The van der Waals surface area contributed by atoms with Crippen LogP contribution in [0, 0.1) is 0 Å². The average molecular weight is 332 g/mol. The molecule has 8 heteroatoms. The van der Waals surface area contributed by atoms with E-state index in [1.54, 1.807) is 19.1 Å². The number of benzene rings is 1. The first-order valence-corrected chi connectivity index (χ1v) is 6.93. The summed E-state index contributed by atoms with van der Waals surface area (Å²) in [5.41, 5.74) is 0.693. The third-order valence-corrected chi connectivity index (χ3v) is 3.29. The van der Waals surface area contributed by atoms with Gasteiger partial charge in [-0.1, -0.05) is 0 Å². The second-order valence-corrected chi connectivity index (χ2v) is 4.90. The molecule has 1 aromatic carbocycles. The van der Waals surface area contributed by atoms with Crippen LogP contribution in [0.15, 0.2) is 12.1 Å². The largest absolute Gasteiger partial charge is 0.493 e. The smallest absolute Gasteiger partial charge is 0.317 e. The Balaban J connectivity index is 2.95. The molecule has 0 aliphatic heterocycles. The summed E-state index contributed by atoms with van der Waals surface area (Å²) >= 11 is 0. The summed E-state index contributed by atoms with van der Waals surface area (Å²) in [5, 5.41) is 2.64. The number of urea groups is 1. The molecule has 6 nitrogen and oxygen atoms in total. The lowest BCUT2D eigenvalue weighted by Crippen LogP contribution is -2.40. The zero-order valence-electron chi connectivity index (χ0n) is 13.9. The van der Waals surface area contributed by atoms with Gasteiger partial charge in [0.1, 0.15) is 0 Å². The molecule has 1 N–H and O–H groups in total. The number of carbonyl (C=O) groups excluding carboxylic acids is 1. The van der Waals surface area contributed by atoms with E-state index in [-0.39, 0.29) is 0 Å². The predicted octanol–water partition coefficient (Wildman–Crippen LogP) is 2.68. The molecular formula is C15H22F2N2O4. The van der Waals surface area contributed by atoms with Gasteiger partial charge in [-0.25, -0.2) is 13.6 Å². The van der Waals surface area contributed by atoms with Gasteiger partial charge in [-0.15, -0.1) is 0 Å². The fourth-order valence-electron chi connectivity index (χ4n) is 2.02. The molecule has 1 aromatic rings. The van der Waals surface area contributed by atoms with Gasteiger partial charge in [0.15, 0.2) is 11.5 Å². The highest BCUT2D eigenvalue weighted by molar-refractivity contribution is 5.74. The maximum atomic E-state index is 12.3. The minimum Gasteiger partial charge on any atom is -0.493 e. The van der Waals surface area contributed by atoms with Crippen LogP contribution in [0.1, 0.15) is 18.5 Å². The molecule has 2 amide bonds. The molecular weight excluding hydrogens is 310 g/mol. The van der Waals surface area contributed by atoms with Gasteiger partial charge in [0.05, 0.1) is 33.9 Å². The van der Waals surface area contributed by atoms with Crippen molar-refractivity contribution in [1.29, 1.82) is 0 Å². The molecule has 0 radical (unpaired) electrons. The van der Waals surface area contributed by atoms with Crippen LogP contribution < -0.4 is 19.5 Å². The second-order valence-electron chi connectivity index (χ2n) is 4.90. The fraction of sp³-hybridized carbons (Fsp3) is 0.533. The van der Waals surface area contributed by atoms with Crippen molar-refractivity contribution in [3.05, 3.63) is 17.7 Å². The summed E-state index contributed by atoms with van der Waals surface area (Å²) in [6, 6.07) is 2.36. The van der Waals surface area contributed by atoms with E-state index in [0.717, 1.165) is 4.90 Å². The third kappa shape index (κ3) is 4.87. The third-order valence-electron chi connectivity index (χ3n) is 3.29. The number of hydrogen-bond acceptors (Lipinski definition) is 4. The summed E-state index contributed by atoms with van der Waals surface area (Å²) in [5.74, 6) is 1.33. The fourth-order valence-corrected chi connectivity index (χ4v) is 2.02. The molecule has 23 heavy (non-hydrogen) atoms. The number of amides is 2. The molecule has 0 spiro atoms. The van der Waals surface area contributed by atoms with Gasteiger partial charge in [-0.2, -0.15) is 0 Å². The molecule has 1 atom stereocenters. The van der Waals surface area contributed by atoms with Gasteiger partial charge in [-0.05, 0) is 24.6 Å². The van der Waals surface area contributed by atoms with Crippen LogP contribution in [0.5, 0.6) is 17.2 Å². The average Bonchev–Trinajstić information content (AvgIpc) is 2.52. The van der Waals surface area contributed by atoms with Gasteiger partial charge in [0.25, 0.3) is 6.43 Å². The first-order chi connectivity index (χ1) is 10.8. The van der Waals surface area contributed by atoms with E-state index in [0.29, 0.717) is 22.8 Å². The highest BCUT2D eigenvalue weighted by Crippen LogP contribution is 2.39. The minimum atomic E-state index is -2.58. The molecule has 1 rings (SSSR count).